The summed E-state index contributed by atoms with van der Waals surface area (Å²) in [6.45, 7) is 0.851. The molecule has 0 aliphatic carbocycles. The summed E-state index contributed by atoms with van der Waals surface area (Å²) < 4.78 is 5.82. The predicted octanol–water partition coefficient (Wildman–Crippen LogP) is 3.85. The number of hydrogen-bond donors (Lipinski definition) is 2. The van der Waals surface area contributed by atoms with Crippen molar-refractivity contribution in [2.24, 2.45) is 0 Å². The molecule has 0 amide bonds. The number of benzene rings is 2. The van der Waals surface area contributed by atoms with E-state index in [1.54, 1.807) is 18.2 Å². The van der Waals surface area contributed by atoms with Gasteiger partial charge in [-0.25, -0.2) is 0 Å². The number of hydrogen-bond acceptors (Lipinski definition) is 4. The van der Waals surface area contributed by atoms with E-state index < -0.39 is 0 Å². The predicted molar refractivity (Wildman–Crippen MR) is 94.6 cm³/mol. The molecular weight excluding hydrogens is 344 g/mol. The van der Waals surface area contributed by atoms with Crippen LogP contribution in [0.5, 0.6) is 0 Å². The number of fused-ring (bicyclic) bond motifs is 1. The van der Waals surface area contributed by atoms with Crippen LogP contribution in [0.2, 0.25) is 0 Å². The van der Waals surface area contributed by atoms with E-state index in [1.807, 2.05) is 24.3 Å². The van der Waals surface area contributed by atoms with Crippen LogP contribution in [-0.4, -0.2) is 11.9 Å². The van der Waals surface area contributed by atoms with Crippen molar-refractivity contribution in [1.82, 2.24) is 0 Å². The lowest BCUT2D eigenvalue weighted by atomic mass is 10.1. The third-order valence-corrected chi connectivity index (χ3v) is 3.78. The zero-order valence-corrected chi connectivity index (χ0v) is 13.4. The third-order valence-electron chi connectivity index (χ3n) is 3.38. The molecule has 5 heteroatoms. The van der Waals surface area contributed by atoms with Crippen molar-refractivity contribution in [2.45, 2.75) is 0 Å². The third kappa shape index (κ3) is 2.85. The van der Waals surface area contributed by atoms with Gasteiger partial charge in [0.2, 0.25) is 0 Å². The Balaban J connectivity index is 2.01. The van der Waals surface area contributed by atoms with E-state index in [1.165, 1.54) is 6.07 Å². The van der Waals surface area contributed by atoms with E-state index in [0.717, 1.165) is 23.1 Å². The number of halogens is 1. The molecule has 1 aromatic heterocycles. The van der Waals surface area contributed by atoms with Crippen LogP contribution in [0.25, 0.3) is 22.3 Å². The Morgan fingerprint density at radius 1 is 1.14 bits per heavy atom. The summed E-state index contributed by atoms with van der Waals surface area (Å²) in [5.74, 6) is 0.537. The Kier molecular flexibility index (Phi) is 4.15. The summed E-state index contributed by atoms with van der Waals surface area (Å²) in [5, 5.41) is 4.58. The van der Waals surface area contributed by atoms with E-state index in [4.69, 9.17) is 10.2 Å². The molecule has 0 saturated heterocycles. The van der Waals surface area contributed by atoms with E-state index in [-0.39, 0.29) is 5.43 Å². The average molecular weight is 359 g/mol. The smallest absolute Gasteiger partial charge is 0.195 e. The van der Waals surface area contributed by atoms with E-state index in [9.17, 15) is 4.79 Å². The summed E-state index contributed by atoms with van der Waals surface area (Å²) in [4.78, 5) is 12.2. The molecule has 0 aliphatic heterocycles. The van der Waals surface area contributed by atoms with Gasteiger partial charge in [-0.1, -0.05) is 22.0 Å². The monoisotopic (exact) mass is 358 g/mol. The second-order valence-corrected chi connectivity index (χ2v) is 5.68. The molecule has 112 valence electrons. The minimum absolute atomic E-state index is 0.129. The molecule has 0 saturated carbocycles. The second-order valence-electron chi connectivity index (χ2n) is 4.89. The standard InChI is InChI=1S/C17H15BrN2O2/c18-8-9-20-12-6-4-11(5-7-12)16-10-14(21)17-13(19)2-1-3-15(17)22-16/h1-7,10,20H,8-9,19H2. The number of nitrogen functional groups attached to an aromatic ring is 1. The molecule has 2 aromatic carbocycles. The number of nitrogens with one attached hydrogen (secondary N) is 1. The fraction of sp³-hybridized carbons (Fsp3) is 0.118. The molecule has 22 heavy (non-hydrogen) atoms. The maximum absolute atomic E-state index is 12.2. The maximum Gasteiger partial charge on any atom is 0.195 e. The zero-order chi connectivity index (χ0) is 15.5. The van der Waals surface area contributed by atoms with Gasteiger partial charge in [0.05, 0.1) is 5.39 Å². The van der Waals surface area contributed by atoms with Crippen molar-refractivity contribution in [1.29, 1.82) is 0 Å². The molecule has 0 aliphatic rings. The maximum atomic E-state index is 12.2. The van der Waals surface area contributed by atoms with Crippen molar-refractivity contribution in [3.05, 3.63) is 58.8 Å². The molecule has 4 nitrogen and oxygen atoms in total. The van der Waals surface area contributed by atoms with Crippen LogP contribution in [0.3, 0.4) is 0 Å². The molecule has 0 spiro atoms. The van der Waals surface area contributed by atoms with Crippen molar-refractivity contribution < 1.29 is 4.42 Å². The number of nitrogens with two attached hydrogens (primary N) is 1. The first kappa shape index (κ1) is 14.7. The van der Waals surface area contributed by atoms with Crippen LogP contribution in [0.4, 0.5) is 11.4 Å². The van der Waals surface area contributed by atoms with Gasteiger partial charge in [0, 0.05) is 34.9 Å². The molecule has 0 fully saturated rings. The minimum atomic E-state index is -0.129. The van der Waals surface area contributed by atoms with Gasteiger partial charge >= 0.3 is 0 Å². The number of alkyl halides is 1. The van der Waals surface area contributed by atoms with Gasteiger partial charge in [0.15, 0.2) is 5.43 Å². The highest BCUT2D eigenvalue weighted by Crippen LogP contribution is 2.25. The first-order valence-electron chi connectivity index (χ1n) is 6.91. The topological polar surface area (TPSA) is 68.3 Å². The molecule has 3 rings (SSSR count). The zero-order valence-electron chi connectivity index (χ0n) is 11.8. The number of rotatable bonds is 4. The fourth-order valence-electron chi connectivity index (χ4n) is 2.32. The molecule has 0 bridgehead atoms. The lowest BCUT2D eigenvalue weighted by Gasteiger charge is -2.07. The van der Waals surface area contributed by atoms with E-state index in [2.05, 4.69) is 21.2 Å². The highest BCUT2D eigenvalue weighted by Gasteiger charge is 2.09. The SMILES string of the molecule is Nc1cccc2oc(-c3ccc(NCCBr)cc3)cc(=O)c12. The van der Waals surface area contributed by atoms with Gasteiger partial charge in [-0.05, 0) is 36.4 Å². The molecular formula is C17H15BrN2O2. The molecule has 0 radical (unpaired) electrons. The van der Waals surface area contributed by atoms with Crippen molar-refractivity contribution in [3.8, 4) is 11.3 Å². The second kappa shape index (κ2) is 6.23. The van der Waals surface area contributed by atoms with Crippen molar-refractivity contribution >= 4 is 38.3 Å². The molecule has 0 unspecified atom stereocenters. The van der Waals surface area contributed by atoms with Crippen LogP contribution >= 0.6 is 15.9 Å². The summed E-state index contributed by atoms with van der Waals surface area (Å²) in [7, 11) is 0. The average Bonchev–Trinajstić information content (AvgIpc) is 2.53. The van der Waals surface area contributed by atoms with Crippen molar-refractivity contribution in [2.75, 3.05) is 22.9 Å². The van der Waals surface area contributed by atoms with Gasteiger partial charge in [0.1, 0.15) is 11.3 Å². The molecule has 3 aromatic rings. The number of anilines is 2. The summed E-state index contributed by atoms with van der Waals surface area (Å²) in [6.07, 6.45) is 0. The summed E-state index contributed by atoms with van der Waals surface area (Å²) in [6, 6.07) is 14.5. The largest absolute Gasteiger partial charge is 0.456 e. The van der Waals surface area contributed by atoms with Crippen LogP contribution in [0.1, 0.15) is 0 Å². The van der Waals surface area contributed by atoms with Crippen LogP contribution in [0, 0.1) is 0 Å². The lowest BCUT2D eigenvalue weighted by molar-refractivity contribution is 0.619. The normalized spacial score (nSPS) is 10.8. The Hall–Kier alpha value is -2.27. The summed E-state index contributed by atoms with van der Waals surface area (Å²) >= 11 is 3.37. The van der Waals surface area contributed by atoms with Crippen LogP contribution < -0.4 is 16.5 Å². The first-order valence-corrected chi connectivity index (χ1v) is 8.04. The highest BCUT2D eigenvalue weighted by atomic mass is 79.9. The first-order chi connectivity index (χ1) is 10.7. The Morgan fingerprint density at radius 3 is 2.64 bits per heavy atom. The Bertz CT molecular complexity index is 857. The quantitative estimate of drug-likeness (QED) is 0.549. The van der Waals surface area contributed by atoms with Gasteiger partial charge in [-0.2, -0.15) is 0 Å². The molecule has 1 heterocycles. The summed E-state index contributed by atoms with van der Waals surface area (Å²) in [5.41, 5.74) is 8.53. The molecule has 0 atom stereocenters. The fourth-order valence-corrected chi connectivity index (χ4v) is 2.52. The van der Waals surface area contributed by atoms with Crippen LogP contribution in [-0.2, 0) is 0 Å². The van der Waals surface area contributed by atoms with E-state index in [0.29, 0.717) is 22.4 Å². The van der Waals surface area contributed by atoms with E-state index >= 15 is 0 Å². The van der Waals surface area contributed by atoms with Gasteiger partial charge < -0.3 is 15.5 Å². The van der Waals surface area contributed by atoms with Crippen molar-refractivity contribution in [3.63, 3.8) is 0 Å². The Labute approximate surface area is 136 Å². The minimum Gasteiger partial charge on any atom is -0.456 e. The van der Waals surface area contributed by atoms with Gasteiger partial charge in [-0.15, -0.1) is 0 Å². The van der Waals surface area contributed by atoms with Crippen LogP contribution in [0.15, 0.2) is 57.7 Å². The highest BCUT2D eigenvalue weighted by molar-refractivity contribution is 9.09. The Morgan fingerprint density at radius 2 is 1.91 bits per heavy atom. The van der Waals surface area contributed by atoms with Gasteiger partial charge in [0.25, 0.3) is 0 Å². The molecule has 3 N–H and O–H groups in total. The lowest BCUT2D eigenvalue weighted by Crippen LogP contribution is -2.04. The van der Waals surface area contributed by atoms with Gasteiger partial charge in [-0.3, -0.25) is 4.79 Å².